The van der Waals surface area contributed by atoms with Gasteiger partial charge < -0.3 is 9.88 Å². The summed E-state index contributed by atoms with van der Waals surface area (Å²) in [6.07, 6.45) is 7.42. The average Bonchev–Trinajstić information content (AvgIpc) is 2.66. The summed E-state index contributed by atoms with van der Waals surface area (Å²) in [6.45, 7) is 2.81. The van der Waals surface area contributed by atoms with E-state index in [-0.39, 0.29) is 0 Å². The molecule has 0 spiro atoms. The molecule has 0 unspecified atom stereocenters. The SMILES string of the molecule is CNCc1ccncc1-n1ccnc1C. The van der Waals surface area contributed by atoms with E-state index in [4.69, 9.17) is 0 Å². The first-order chi connectivity index (χ1) is 7.33. The highest BCUT2D eigenvalue weighted by molar-refractivity contribution is 5.39. The van der Waals surface area contributed by atoms with Crippen LogP contribution in [0, 0.1) is 6.92 Å². The molecule has 0 bridgehead atoms. The third-order valence-electron chi connectivity index (χ3n) is 2.34. The number of nitrogens with one attached hydrogen (secondary N) is 1. The van der Waals surface area contributed by atoms with Crippen molar-refractivity contribution >= 4 is 0 Å². The van der Waals surface area contributed by atoms with Gasteiger partial charge >= 0.3 is 0 Å². The van der Waals surface area contributed by atoms with Crippen molar-refractivity contribution in [3.05, 3.63) is 42.2 Å². The van der Waals surface area contributed by atoms with Crippen LogP contribution in [0.4, 0.5) is 0 Å². The lowest BCUT2D eigenvalue weighted by molar-refractivity contribution is 0.801. The molecule has 2 heterocycles. The zero-order chi connectivity index (χ0) is 10.7. The minimum Gasteiger partial charge on any atom is -0.316 e. The normalized spacial score (nSPS) is 10.5. The van der Waals surface area contributed by atoms with Crippen LogP contribution in [0.2, 0.25) is 0 Å². The van der Waals surface area contributed by atoms with Gasteiger partial charge in [0, 0.05) is 25.1 Å². The highest BCUT2D eigenvalue weighted by Gasteiger charge is 2.05. The maximum atomic E-state index is 4.21. The first kappa shape index (κ1) is 9.86. The van der Waals surface area contributed by atoms with E-state index in [0.29, 0.717) is 0 Å². The Kier molecular flexibility index (Phi) is 2.78. The Morgan fingerprint density at radius 3 is 2.93 bits per heavy atom. The van der Waals surface area contributed by atoms with E-state index >= 15 is 0 Å². The molecule has 0 atom stereocenters. The summed E-state index contributed by atoms with van der Waals surface area (Å²) in [5.41, 5.74) is 2.30. The minimum atomic E-state index is 0.829. The first-order valence-corrected chi connectivity index (χ1v) is 4.90. The zero-order valence-corrected chi connectivity index (χ0v) is 8.94. The van der Waals surface area contributed by atoms with Crippen molar-refractivity contribution in [2.75, 3.05) is 7.05 Å². The van der Waals surface area contributed by atoms with E-state index in [1.807, 2.05) is 43.2 Å². The lowest BCUT2D eigenvalue weighted by Gasteiger charge is -2.10. The Labute approximate surface area is 89.0 Å². The maximum absolute atomic E-state index is 4.21. The lowest BCUT2D eigenvalue weighted by atomic mass is 10.2. The van der Waals surface area contributed by atoms with Crippen LogP contribution in [0.15, 0.2) is 30.9 Å². The average molecular weight is 202 g/mol. The van der Waals surface area contributed by atoms with Crippen LogP contribution in [-0.4, -0.2) is 21.6 Å². The van der Waals surface area contributed by atoms with Gasteiger partial charge in [0.1, 0.15) is 5.82 Å². The number of pyridine rings is 1. The maximum Gasteiger partial charge on any atom is 0.110 e. The Balaban J connectivity index is 2.48. The molecule has 2 aromatic heterocycles. The summed E-state index contributed by atoms with van der Waals surface area (Å²) in [5.74, 6) is 0.973. The molecule has 1 N–H and O–H groups in total. The predicted molar refractivity (Wildman–Crippen MR) is 58.9 cm³/mol. The monoisotopic (exact) mass is 202 g/mol. The largest absolute Gasteiger partial charge is 0.316 e. The van der Waals surface area contributed by atoms with Gasteiger partial charge in [-0.25, -0.2) is 4.98 Å². The van der Waals surface area contributed by atoms with Crippen molar-refractivity contribution < 1.29 is 0 Å². The minimum absolute atomic E-state index is 0.829. The van der Waals surface area contributed by atoms with Gasteiger partial charge in [-0.1, -0.05) is 0 Å². The number of nitrogens with zero attached hydrogens (tertiary/aromatic N) is 3. The van der Waals surface area contributed by atoms with Crippen LogP contribution in [0.5, 0.6) is 0 Å². The highest BCUT2D eigenvalue weighted by atomic mass is 15.1. The Morgan fingerprint density at radius 2 is 2.27 bits per heavy atom. The molecule has 4 nitrogen and oxygen atoms in total. The molecule has 0 aliphatic rings. The highest BCUT2D eigenvalue weighted by Crippen LogP contribution is 2.14. The van der Waals surface area contributed by atoms with Crippen molar-refractivity contribution in [3.63, 3.8) is 0 Å². The molecule has 0 saturated carbocycles. The second-order valence-electron chi connectivity index (χ2n) is 3.38. The molecule has 2 rings (SSSR count). The molecule has 0 aliphatic carbocycles. The van der Waals surface area contributed by atoms with Crippen LogP contribution in [-0.2, 0) is 6.54 Å². The summed E-state index contributed by atoms with van der Waals surface area (Å²) in [7, 11) is 1.94. The Bertz CT molecular complexity index is 447. The van der Waals surface area contributed by atoms with Crippen LogP contribution >= 0.6 is 0 Å². The molecule has 0 saturated heterocycles. The summed E-state index contributed by atoms with van der Waals surface area (Å²) >= 11 is 0. The van der Waals surface area contributed by atoms with E-state index in [2.05, 4.69) is 15.3 Å². The topological polar surface area (TPSA) is 42.7 Å². The number of aromatic nitrogens is 3. The fourth-order valence-electron chi connectivity index (χ4n) is 1.60. The van der Waals surface area contributed by atoms with Gasteiger partial charge in [0.25, 0.3) is 0 Å². The third-order valence-corrected chi connectivity index (χ3v) is 2.34. The van der Waals surface area contributed by atoms with Gasteiger partial charge in [-0.15, -0.1) is 0 Å². The second kappa shape index (κ2) is 4.23. The Morgan fingerprint density at radius 1 is 1.40 bits per heavy atom. The number of hydrogen-bond acceptors (Lipinski definition) is 3. The fourth-order valence-corrected chi connectivity index (χ4v) is 1.60. The zero-order valence-electron chi connectivity index (χ0n) is 8.94. The first-order valence-electron chi connectivity index (χ1n) is 4.90. The number of aryl methyl sites for hydroxylation is 1. The van der Waals surface area contributed by atoms with Crippen LogP contribution < -0.4 is 5.32 Å². The van der Waals surface area contributed by atoms with Gasteiger partial charge in [0.15, 0.2) is 0 Å². The standard InChI is InChI=1S/C11H14N4/c1-9-14-5-6-15(9)11-8-13-4-3-10(11)7-12-2/h3-6,8,12H,7H2,1-2H3. The molecule has 0 fully saturated rings. The van der Waals surface area contributed by atoms with Crippen LogP contribution in [0.1, 0.15) is 11.4 Å². The van der Waals surface area contributed by atoms with Crippen molar-refractivity contribution in [1.82, 2.24) is 19.9 Å². The van der Waals surface area contributed by atoms with Gasteiger partial charge in [-0.3, -0.25) is 4.98 Å². The van der Waals surface area contributed by atoms with Gasteiger partial charge in [-0.2, -0.15) is 0 Å². The van der Waals surface area contributed by atoms with E-state index in [0.717, 1.165) is 18.1 Å². The Hall–Kier alpha value is -1.68. The predicted octanol–water partition coefficient (Wildman–Crippen LogP) is 1.30. The number of imidazole rings is 1. The van der Waals surface area contributed by atoms with E-state index < -0.39 is 0 Å². The summed E-state index contributed by atoms with van der Waals surface area (Å²) in [4.78, 5) is 8.36. The molecule has 4 heteroatoms. The van der Waals surface area contributed by atoms with Crippen molar-refractivity contribution in [3.8, 4) is 5.69 Å². The molecule has 78 valence electrons. The van der Waals surface area contributed by atoms with Gasteiger partial charge in [0.05, 0.1) is 11.9 Å². The molecule has 0 amide bonds. The molecular weight excluding hydrogens is 188 g/mol. The molecular formula is C11H14N4. The summed E-state index contributed by atoms with van der Waals surface area (Å²) in [6, 6.07) is 2.02. The summed E-state index contributed by atoms with van der Waals surface area (Å²) in [5, 5.41) is 3.14. The van der Waals surface area contributed by atoms with Gasteiger partial charge in [0.2, 0.25) is 0 Å². The van der Waals surface area contributed by atoms with E-state index in [1.165, 1.54) is 5.56 Å². The van der Waals surface area contributed by atoms with Crippen LogP contribution in [0.3, 0.4) is 0 Å². The van der Waals surface area contributed by atoms with Crippen molar-refractivity contribution in [2.24, 2.45) is 0 Å². The van der Waals surface area contributed by atoms with E-state index in [1.54, 1.807) is 6.20 Å². The second-order valence-corrected chi connectivity index (χ2v) is 3.38. The lowest BCUT2D eigenvalue weighted by Crippen LogP contribution is -2.09. The van der Waals surface area contributed by atoms with Crippen LogP contribution in [0.25, 0.3) is 5.69 Å². The third kappa shape index (κ3) is 1.89. The summed E-state index contributed by atoms with van der Waals surface area (Å²) < 4.78 is 2.04. The number of rotatable bonds is 3. The molecule has 0 radical (unpaired) electrons. The smallest absolute Gasteiger partial charge is 0.110 e. The van der Waals surface area contributed by atoms with Crippen molar-refractivity contribution in [2.45, 2.75) is 13.5 Å². The van der Waals surface area contributed by atoms with Gasteiger partial charge in [-0.05, 0) is 25.6 Å². The molecule has 15 heavy (non-hydrogen) atoms. The molecule has 0 aliphatic heterocycles. The fraction of sp³-hybridized carbons (Fsp3) is 0.273. The van der Waals surface area contributed by atoms with E-state index in [9.17, 15) is 0 Å². The molecule has 0 aromatic carbocycles. The quantitative estimate of drug-likeness (QED) is 0.815. The molecule has 2 aromatic rings. The van der Waals surface area contributed by atoms with Crippen molar-refractivity contribution in [1.29, 1.82) is 0 Å². The number of hydrogen-bond donors (Lipinski definition) is 1.